The molecule has 0 aliphatic carbocycles. The van der Waals surface area contributed by atoms with Crippen molar-refractivity contribution in [1.29, 1.82) is 0 Å². The molecule has 7 heteroatoms. The number of methoxy groups -OCH3 is 2. The molecule has 0 saturated carbocycles. The summed E-state index contributed by atoms with van der Waals surface area (Å²) in [6, 6.07) is 21.9. The van der Waals surface area contributed by atoms with Gasteiger partial charge in [0.1, 0.15) is 17.0 Å². The van der Waals surface area contributed by atoms with Crippen LogP contribution >= 0.6 is 11.6 Å². The first-order valence-electron chi connectivity index (χ1n) is 10.2. The first-order valence-corrected chi connectivity index (χ1v) is 10.6. The van der Waals surface area contributed by atoms with Crippen LogP contribution in [-0.2, 0) is 0 Å². The number of halogens is 1. The highest BCUT2D eigenvalue weighted by Crippen LogP contribution is 2.34. The Bertz CT molecular complexity index is 1490. The lowest BCUT2D eigenvalue weighted by atomic mass is 10.0. The standard InChI is InChI=1S/C26H19ClN2O4/c1-31-17-11-15(12-18(14-17)32-2)25(30)28-16-9-10-24-23(13-16)29-26(33-24)21-7-3-6-20-19(21)5-4-8-22(20)27/h3-14H,1-2H3,(H,28,30). The van der Waals surface area contributed by atoms with Crippen molar-refractivity contribution in [3.63, 3.8) is 0 Å². The third-order valence-electron chi connectivity index (χ3n) is 5.36. The maximum atomic E-state index is 12.8. The number of nitrogens with one attached hydrogen (secondary N) is 1. The van der Waals surface area contributed by atoms with Crippen LogP contribution in [0.1, 0.15) is 10.4 Å². The number of nitrogens with zero attached hydrogens (tertiary/aromatic N) is 1. The molecule has 164 valence electrons. The third kappa shape index (κ3) is 3.97. The quantitative estimate of drug-likeness (QED) is 0.322. The second-order valence-corrected chi connectivity index (χ2v) is 7.80. The normalized spacial score (nSPS) is 11.0. The number of oxazole rings is 1. The van der Waals surface area contributed by atoms with Crippen molar-refractivity contribution in [2.45, 2.75) is 0 Å². The van der Waals surface area contributed by atoms with Crippen LogP contribution in [0.25, 0.3) is 33.3 Å². The lowest BCUT2D eigenvalue weighted by Crippen LogP contribution is -2.12. The van der Waals surface area contributed by atoms with Gasteiger partial charge in [0.05, 0.1) is 14.2 Å². The summed E-state index contributed by atoms with van der Waals surface area (Å²) in [5, 5.41) is 5.45. The molecule has 4 aromatic carbocycles. The number of carbonyl (C=O) groups is 1. The number of hydrogen-bond acceptors (Lipinski definition) is 5. The van der Waals surface area contributed by atoms with Gasteiger partial charge in [-0.3, -0.25) is 4.79 Å². The van der Waals surface area contributed by atoms with Crippen molar-refractivity contribution in [3.05, 3.63) is 83.4 Å². The van der Waals surface area contributed by atoms with E-state index in [-0.39, 0.29) is 5.91 Å². The van der Waals surface area contributed by atoms with Crippen LogP contribution in [0.15, 0.2) is 77.2 Å². The van der Waals surface area contributed by atoms with Crippen molar-refractivity contribution in [1.82, 2.24) is 4.98 Å². The number of carbonyl (C=O) groups excluding carboxylic acids is 1. The van der Waals surface area contributed by atoms with Gasteiger partial charge in [0, 0.05) is 33.3 Å². The molecule has 5 rings (SSSR count). The van der Waals surface area contributed by atoms with E-state index >= 15 is 0 Å². The Labute approximate surface area is 194 Å². The van der Waals surface area contributed by atoms with Crippen molar-refractivity contribution in [2.24, 2.45) is 0 Å². The van der Waals surface area contributed by atoms with E-state index in [1.807, 2.05) is 36.4 Å². The van der Waals surface area contributed by atoms with Gasteiger partial charge in [0.25, 0.3) is 5.91 Å². The second kappa shape index (κ2) is 8.48. The first-order chi connectivity index (χ1) is 16.1. The Morgan fingerprint density at radius 1 is 0.909 bits per heavy atom. The SMILES string of the molecule is COc1cc(OC)cc(C(=O)Nc2ccc3oc(-c4cccc5c(Cl)cccc45)nc3c2)c1. The highest BCUT2D eigenvalue weighted by Gasteiger charge is 2.15. The average molecular weight is 459 g/mol. The van der Waals surface area contributed by atoms with Gasteiger partial charge in [0.15, 0.2) is 5.58 Å². The topological polar surface area (TPSA) is 73.6 Å². The zero-order valence-corrected chi connectivity index (χ0v) is 18.6. The fraction of sp³-hybridized carbons (Fsp3) is 0.0769. The maximum absolute atomic E-state index is 12.8. The molecule has 6 nitrogen and oxygen atoms in total. The monoisotopic (exact) mass is 458 g/mol. The first kappa shape index (κ1) is 20.8. The molecule has 5 aromatic rings. The van der Waals surface area contributed by atoms with Crippen molar-refractivity contribution < 1.29 is 18.7 Å². The fourth-order valence-corrected chi connectivity index (χ4v) is 3.96. The van der Waals surface area contributed by atoms with Crippen LogP contribution in [0.2, 0.25) is 5.02 Å². The van der Waals surface area contributed by atoms with Crippen LogP contribution < -0.4 is 14.8 Å². The summed E-state index contributed by atoms with van der Waals surface area (Å²) < 4.78 is 16.5. The number of anilines is 1. The van der Waals surface area contributed by atoms with Crippen molar-refractivity contribution in [3.8, 4) is 23.0 Å². The molecule has 0 atom stereocenters. The Morgan fingerprint density at radius 2 is 1.64 bits per heavy atom. The van der Waals surface area contributed by atoms with Crippen LogP contribution in [0.4, 0.5) is 5.69 Å². The molecule has 0 aliphatic rings. The Hall–Kier alpha value is -4.03. The predicted molar refractivity (Wildman–Crippen MR) is 129 cm³/mol. The minimum atomic E-state index is -0.293. The van der Waals surface area contributed by atoms with E-state index in [4.69, 9.17) is 25.5 Å². The molecule has 33 heavy (non-hydrogen) atoms. The van der Waals surface area contributed by atoms with E-state index in [2.05, 4.69) is 10.3 Å². The van der Waals surface area contributed by atoms with Crippen molar-refractivity contribution >= 4 is 45.1 Å². The summed E-state index contributed by atoms with van der Waals surface area (Å²) in [4.78, 5) is 17.5. The number of hydrogen-bond donors (Lipinski definition) is 1. The second-order valence-electron chi connectivity index (χ2n) is 7.40. The average Bonchev–Trinajstić information content (AvgIpc) is 3.27. The molecule has 0 saturated heterocycles. The van der Waals surface area contributed by atoms with Gasteiger partial charge in [0.2, 0.25) is 5.89 Å². The molecule has 0 fully saturated rings. The van der Waals surface area contributed by atoms with E-state index < -0.39 is 0 Å². The number of ether oxygens (including phenoxy) is 2. The van der Waals surface area contributed by atoms with Gasteiger partial charge in [-0.25, -0.2) is 4.98 Å². The Balaban J connectivity index is 1.47. The molecule has 1 heterocycles. The van der Waals surface area contributed by atoms with E-state index in [0.29, 0.717) is 44.8 Å². The molecule has 1 aromatic heterocycles. The number of amides is 1. The number of rotatable bonds is 5. The molecule has 0 radical (unpaired) electrons. The molecule has 0 unspecified atom stereocenters. The minimum Gasteiger partial charge on any atom is -0.497 e. The third-order valence-corrected chi connectivity index (χ3v) is 5.69. The Kier molecular flexibility index (Phi) is 5.36. The number of benzene rings is 4. The smallest absolute Gasteiger partial charge is 0.255 e. The zero-order valence-electron chi connectivity index (χ0n) is 17.9. The van der Waals surface area contributed by atoms with Gasteiger partial charge in [-0.1, -0.05) is 35.9 Å². The zero-order chi connectivity index (χ0) is 22.9. The summed E-state index contributed by atoms with van der Waals surface area (Å²) in [7, 11) is 3.08. The van der Waals surface area contributed by atoms with Crippen molar-refractivity contribution in [2.75, 3.05) is 19.5 Å². The van der Waals surface area contributed by atoms with E-state index in [1.165, 1.54) is 14.2 Å². The number of fused-ring (bicyclic) bond motifs is 2. The van der Waals surface area contributed by atoms with Gasteiger partial charge >= 0.3 is 0 Å². The summed E-state index contributed by atoms with van der Waals surface area (Å²) in [5.41, 5.74) is 3.10. The molecule has 1 N–H and O–H groups in total. The lowest BCUT2D eigenvalue weighted by molar-refractivity contribution is 0.102. The van der Waals surface area contributed by atoms with Gasteiger partial charge in [-0.2, -0.15) is 0 Å². The molecular weight excluding hydrogens is 440 g/mol. The summed E-state index contributed by atoms with van der Waals surface area (Å²) in [6.45, 7) is 0. The summed E-state index contributed by atoms with van der Waals surface area (Å²) >= 11 is 6.35. The van der Waals surface area contributed by atoms with Gasteiger partial charge in [-0.05, 0) is 47.9 Å². The molecule has 0 spiro atoms. The summed E-state index contributed by atoms with van der Waals surface area (Å²) in [6.07, 6.45) is 0. The lowest BCUT2D eigenvalue weighted by Gasteiger charge is -2.09. The minimum absolute atomic E-state index is 0.293. The van der Waals surface area contributed by atoms with Crippen LogP contribution in [0.3, 0.4) is 0 Å². The molecule has 1 amide bonds. The Morgan fingerprint density at radius 3 is 2.39 bits per heavy atom. The van der Waals surface area contributed by atoms with E-state index in [9.17, 15) is 4.79 Å². The highest BCUT2D eigenvalue weighted by atomic mass is 35.5. The summed E-state index contributed by atoms with van der Waals surface area (Å²) in [5.74, 6) is 1.26. The molecule has 0 bridgehead atoms. The van der Waals surface area contributed by atoms with E-state index in [0.717, 1.165) is 16.3 Å². The highest BCUT2D eigenvalue weighted by molar-refractivity contribution is 6.35. The fourth-order valence-electron chi connectivity index (χ4n) is 3.72. The molecular formula is C26H19ClN2O4. The van der Waals surface area contributed by atoms with E-state index in [1.54, 1.807) is 36.4 Å². The van der Waals surface area contributed by atoms with Crippen LogP contribution in [0, 0.1) is 0 Å². The van der Waals surface area contributed by atoms with Crippen LogP contribution in [0.5, 0.6) is 11.5 Å². The molecule has 0 aliphatic heterocycles. The largest absolute Gasteiger partial charge is 0.497 e. The maximum Gasteiger partial charge on any atom is 0.255 e. The van der Waals surface area contributed by atoms with Gasteiger partial charge < -0.3 is 19.2 Å². The number of aromatic nitrogens is 1. The predicted octanol–water partition coefficient (Wildman–Crippen LogP) is 6.57. The van der Waals surface area contributed by atoms with Crippen LogP contribution in [-0.4, -0.2) is 25.1 Å². The van der Waals surface area contributed by atoms with Gasteiger partial charge in [-0.15, -0.1) is 0 Å².